The molecule has 1 amide bonds. The minimum Gasteiger partial charge on any atom is -0.480 e. The number of nitrogens with one attached hydrogen (secondary N) is 1. The molecule has 2 N–H and O–H groups in total. The van der Waals surface area contributed by atoms with Gasteiger partial charge in [0.25, 0.3) is 0 Å². The van der Waals surface area contributed by atoms with Crippen LogP contribution in [0.25, 0.3) is 11.1 Å². The number of amides is 1. The molecular formula is C22H25NO5. The van der Waals surface area contributed by atoms with E-state index in [1.54, 1.807) is 0 Å². The summed E-state index contributed by atoms with van der Waals surface area (Å²) >= 11 is 0. The summed E-state index contributed by atoms with van der Waals surface area (Å²) < 4.78 is 10.6. The van der Waals surface area contributed by atoms with Gasteiger partial charge in [0.2, 0.25) is 0 Å². The van der Waals surface area contributed by atoms with Crippen LogP contribution in [0.1, 0.15) is 30.9 Å². The molecule has 1 aliphatic carbocycles. The molecule has 0 unspecified atom stereocenters. The van der Waals surface area contributed by atoms with Crippen molar-refractivity contribution >= 4 is 12.1 Å². The number of hydrogen-bond acceptors (Lipinski definition) is 4. The van der Waals surface area contributed by atoms with Gasteiger partial charge in [-0.05, 0) is 28.2 Å². The Morgan fingerprint density at radius 1 is 1.04 bits per heavy atom. The Labute approximate surface area is 164 Å². The molecule has 0 aliphatic heterocycles. The quantitative estimate of drug-likeness (QED) is 0.727. The van der Waals surface area contributed by atoms with Gasteiger partial charge >= 0.3 is 12.1 Å². The van der Waals surface area contributed by atoms with E-state index in [4.69, 9.17) is 14.6 Å². The fourth-order valence-electron chi connectivity index (χ4n) is 3.47. The summed E-state index contributed by atoms with van der Waals surface area (Å²) in [5, 5.41) is 11.5. The second-order valence-electron chi connectivity index (χ2n) is 7.23. The zero-order valence-corrected chi connectivity index (χ0v) is 16.1. The van der Waals surface area contributed by atoms with E-state index < -0.39 is 18.7 Å². The van der Waals surface area contributed by atoms with Crippen LogP contribution in [0, 0.1) is 5.92 Å². The summed E-state index contributed by atoms with van der Waals surface area (Å²) in [7, 11) is 0. The van der Waals surface area contributed by atoms with E-state index >= 15 is 0 Å². The third-order valence-corrected chi connectivity index (χ3v) is 4.97. The molecule has 3 rings (SSSR count). The van der Waals surface area contributed by atoms with E-state index in [0.29, 0.717) is 0 Å². The summed E-state index contributed by atoms with van der Waals surface area (Å²) in [6.07, 6.45) is -0.528. The van der Waals surface area contributed by atoms with Crippen LogP contribution >= 0.6 is 0 Å². The Kier molecular flexibility index (Phi) is 6.31. The number of carboxylic acid groups (broad SMARTS) is 1. The predicted molar refractivity (Wildman–Crippen MR) is 105 cm³/mol. The van der Waals surface area contributed by atoms with Crippen molar-refractivity contribution in [2.24, 2.45) is 5.92 Å². The van der Waals surface area contributed by atoms with Gasteiger partial charge in [0.05, 0.1) is 12.6 Å². The molecule has 148 valence electrons. The first-order valence-electron chi connectivity index (χ1n) is 9.38. The summed E-state index contributed by atoms with van der Waals surface area (Å²) in [6.45, 7) is 3.82. The van der Waals surface area contributed by atoms with Crippen LogP contribution in [-0.4, -0.2) is 43.0 Å². The van der Waals surface area contributed by atoms with Crippen LogP contribution in [0.2, 0.25) is 0 Å². The van der Waals surface area contributed by atoms with E-state index in [1.807, 2.05) is 38.1 Å². The van der Waals surface area contributed by atoms with Crippen LogP contribution in [0.3, 0.4) is 0 Å². The predicted octanol–water partition coefficient (Wildman–Crippen LogP) is 3.65. The van der Waals surface area contributed by atoms with Crippen LogP contribution in [0.5, 0.6) is 0 Å². The summed E-state index contributed by atoms with van der Waals surface area (Å²) in [5.41, 5.74) is 4.66. The van der Waals surface area contributed by atoms with Crippen molar-refractivity contribution in [2.75, 3.05) is 19.8 Å². The molecule has 6 heteroatoms. The number of carbonyl (C=O) groups excluding carboxylic acids is 1. The van der Waals surface area contributed by atoms with E-state index in [0.717, 1.165) is 11.1 Å². The molecule has 0 aromatic heterocycles. The maximum atomic E-state index is 12.3. The van der Waals surface area contributed by atoms with Crippen molar-refractivity contribution in [3.05, 3.63) is 59.7 Å². The fraction of sp³-hybridized carbons (Fsp3) is 0.364. The summed E-state index contributed by atoms with van der Waals surface area (Å²) in [5.74, 6) is -0.961. The van der Waals surface area contributed by atoms with E-state index in [2.05, 4.69) is 29.6 Å². The zero-order valence-electron chi connectivity index (χ0n) is 16.1. The Morgan fingerprint density at radius 2 is 1.61 bits per heavy atom. The number of alkyl carbamates (subject to hydrolysis) is 1. The van der Waals surface area contributed by atoms with Crippen LogP contribution in [0.15, 0.2) is 48.5 Å². The van der Waals surface area contributed by atoms with Crippen molar-refractivity contribution < 1.29 is 24.2 Å². The molecule has 6 nitrogen and oxygen atoms in total. The molecule has 1 aliphatic rings. The third kappa shape index (κ3) is 4.51. The lowest BCUT2D eigenvalue weighted by molar-refractivity contribution is -0.142. The topological polar surface area (TPSA) is 84.9 Å². The lowest BCUT2D eigenvalue weighted by Crippen LogP contribution is -2.42. The van der Waals surface area contributed by atoms with Gasteiger partial charge in [-0.15, -0.1) is 0 Å². The van der Waals surface area contributed by atoms with Crippen LogP contribution < -0.4 is 5.32 Å². The first-order valence-corrected chi connectivity index (χ1v) is 9.38. The minimum absolute atomic E-state index is 0.00101. The Balaban J connectivity index is 1.62. The number of aliphatic carboxylic acids is 1. The molecule has 0 heterocycles. The number of hydrogen-bond donors (Lipinski definition) is 2. The SMILES string of the molecule is CC(C)[C@@H](COCC(=O)O)NC(=O)OCC1c2ccccc2-c2ccccc21. The van der Waals surface area contributed by atoms with E-state index in [-0.39, 0.29) is 31.1 Å². The molecule has 0 saturated heterocycles. The number of ether oxygens (including phenoxy) is 2. The Bertz CT molecular complexity index is 803. The van der Waals surface area contributed by atoms with Crippen molar-refractivity contribution in [2.45, 2.75) is 25.8 Å². The maximum Gasteiger partial charge on any atom is 0.407 e. The molecule has 0 bridgehead atoms. The highest BCUT2D eigenvalue weighted by Gasteiger charge is 2.29. The highest BCUT2D eigenvalue weighted by molar-refractivity contribution is 5.79. The lowest BCUT2D eigenvalue weighted by Gasteiger charge is -2.22. The molecule has 0 fully saturated rings. The number of benzene rings is 2. The molecule has 1 atom stereocenters. The largest absolute Gasteiger partial charge is 0.480 e. The van der Waals surface area contributed by atoms with Crippen molar-refractivity contribution in [1.29, 1.82) is 0 Å². The highest BCUT2D eigenvalue weighted by atomic mass is 16.5. The van der Waals surface area contributed by atoms with Gasteiger partial charge < -0.3 is 19.9 Å². The average molecular weight is 383 g/mol. The number of rotatable bonds is 8. The van der Waals surface area contributed by atoms with E-state index in [9.17, 15) is 9.59 Å². The van der Waals surface area contributed by atoms with Crippen molar-refractivity contribution in [3.63, 3.8) is 0 Å². The second kappa shape index (κ2) is 8.89. The van der Waals surface area contributed by atoms with Gasteiger partial charge in [-0.2, -0.15) is 0 Å². The molecule has 0 spiro atoms. The number of carbonyl (C=O) groups is 2. The fourth-order valence-corrected chi connectivity index (χ4v) is 3.47. The van der Waals surface area contributed by atoms with Crippen LogP contribution in [0.4, 0.5) is 4.79 Å². The first kappa shape index (κ1) is 19.9. The number of fused-ring (bicyclic) bond motifs is 3. The molecule has 0 saturated carbocycles. The molecule has 2 aromatic carbocycles. The monoisotopic (exact) mass is 383 g/mol. The molecule has 28 heavy (non-hydrogen) atoms. The molecule has 0 radical (unpaired) electrons. The van der Waals surface area contributed by atoms with Crippen molar-refractivity contribution in [1.82, 2.24) is 5.32 Å². The van der Waals surface area contributed by atoms with Gasteiger partial charge in [0.15, 0.2) is 0 Å². The lowest BCUT2D eigenvalue weighted by atomic mass is 9.98. The van der Waals surface area contributed by atoms with Gasteiger partial charge in [-0.3, -0.25) is 0 Å². The van der Waals surface area contributed by atoms with Crippen LogP contribution in [-0.2, 0) is 14.3 Å². The zero-order chi connectivity index (χ0) is 20.1. The standard InChI is InChI=1S/C22H25NO5/c1-14(2)20(12-27-13-21(24)25)23-22(26)28-11-19-17-9-5-3-7-15(17)16-8-4-6-10-18(16)19/h3-10,14,19-20H,11-13H2,1-2H3,(H,23,26)(H,24,25)/t20-/m1/s1. The average Bonchev–Trinajstić information content (AvgIpc) is 2.99. The van der Waals surface area contributed by atoms with Gasteiger partial charge in [0.1, 0.15) is 13.2 Å². The minimum atomic E-state index is -1.04. The van der Waals surface area contributed by atoms with Gasteiger partial charge in [-0.1, -0.05) is 62.4 Å². The van der Waals surface area contributed by atoms with Crippen molar-refractivity contribution in [3.8, 4) is 11.1 Å². The maximum absolute atomic E-state index is 12.3. The summed E-state index contributed by atoms with van der Waals surface area (Å²) in [6, 6.07) is 16.0. The third-order valence-electron chi connectivity index (χ3n) is 4.97. The first-order chi connectivity index (χ1) is 13.5. The van der Waals surface area contributed by atoms with Gasteiger partial charge in [0, 0.05) is 5.92 Å². The summed E-state index contributed by atoms with van der Waals surface area (Å²) in [4.78, 5) is 22.9. The number of carboxylic acids is 1. The second-order valence-corrected chi connectivity index (χ2v) is 7.23. The Hall–Kier alpha value is -2.86. The Morgan fingerprint density at radius 3 is 2.14 bits per heavy atom. The highest BCUT2D eigenvalue weighted by Crippen LogP contribution is 2.44. The van der Waals surface area contributed by atoms with Gasteiger partial charge in [-0.25, -0.2) is 9.59 Å². The molecular weight excluding hydrogens is 358 g/mol. The smallest absolute Gasteiger partial charge is 0.407 e. The normalized spacial score (nSPS) is 13.7. The van der Waals surface area contributed by atoms with E-state index in [1.165, 1.54) is 11.1 Å². The molecule has 2 aromatic rings.